The van der Waals surface area contributed by atoms with Crippen LogP contribution in [0, 0.1) is 0 Å². The van der Waals surface area contributed by atoms with Crippen LogP contribution in [0.3, 0.4) is 0 Å². The second-order valence-electron chi connectivity index (χ2n) is 6.55. The Kier molecular flexibility index (Phi) is 8.00. The number of rotatable bonds is 7. The molecule has 1 heterocycles. The number of esters is 1. The number of ether oxygens (including phenoxy) is 1. The van der Waals surface area contributed by atoms with Crippen molar-refractivity contribution < 1.29 is 24.0 Å². The fourth-order valence-electron chi connectivity index (χ4n) is 2.90. The molecular weight excluding hydrogens is 346 g/mol. The Labute approximate surface area is 160 Å². The summed E-state index contributed by atoms with van der Waals surface area (Å²) < 4.78 is 4.66. The van der Waals surface area contributed by atoms with Gasteiger partial charge in [-0.15, -0.1) is 0 Å². The Morgan fingerprint density at radius 1 is 1.19 bits per heavy atom. The first-order chi connectivity index (χ1) is 13.0. The van der Waals surface area contributed by atoms with Gasteiger partial charge in [-0.25, -0.2) is 4.79 Å². The van der Waals surface area contributed by atoms with E-state index >= 15 is 0 Å². The third-order valence-corrected chi connectivity index (χ3v) is 4.52. The van der Waals surface area contributed by atoms with Crippen LogP contribution in [0.4, 0.5) is 0 Å². The Morgan fingerprint density at radius 3 is 2.44 bits per heavy atom. The first kappa shape index (κ1) is 20.6. The van der Waals surface area contributed by atoms with E-state index in [0.717, 1.165) is 25.1 Å². The molecule has 2 N–H and O–H groups in total. The van der Waals surface area contributed by atoms with E-state index < -0.39 is 0 Å². The van der Waals surface area contributed by atoms with Crippen molar-refractivity contribution in [2.75, 3.05) is 46.4 Å². The summed E-state index contributed by atoms with van der Waals surface area (Å²) in [6, 6.07) is 6.88. The van der Waals surface area contributed by atoms with E-state index in [4.69, 9.17) is 0 Å². The lowest BCUT2D eigenvalue weighted by molar-refractivity contribution is -0.896. The largest absolute Gasteiger partial charge is 0.465 e. The third kappa shape index (κ3) is 6.53. The highest BCUT2D eigenvalue weighted by atomic mass is 16.5. The van der Waals surface area contributed by atoms with E-state index in [1.54, 1.807) is 41.3 Å². The second kappa shape index (κ2) is 10.5. The number of carbonyl (C=O) groups excluding carboxylic acids is 3. The van der Waals surface area contributed by atoms with Crippen LogP contribution in [0.1, 0.15) is 29.3 Å². The van der Waals surface area contributed by atoms with Gasteiger partial charge in [0.2, 0.25) is 5.91 Å². The molecule has 27 heavy (non-hydrogen) atoms. The molecule has 1 aromatic rings. The molecule has 2 amide bonds. The van der Waals surface area contributed by atoms with Gasteiger partial charge in [0.05, 0.1) is 38.9 Å². The van der Waals surface area contributed by atoms with Crippen LogP contribution >= 0.6 is 0 Å². The van der Waals surface area contributed by atoms with Crippen molar-refractivity contribution >= 4 is 23.9 Å². The van der Waals surface area contributed by atoms with Crippen molar-refractivity contribution in [1.82, 2.24) is 10.2 Å². The summed E-state index contributed by atoms with van der Waals surface area (Å²) in [6.45, 7) is 6.02. The number of benzene rings is 1. The maximum absolute atomic E-state index is 12.3. The highest BCUT2D eigenvalue weighted by Gasteiger charge is 2.23. The van der Waals surface area contributed by atoms with Gasteiger partial charge in [-0.2, -0.15) is 0 Å². The fraction of sp³-hybridized carbons (Fsp3) is 0.450. The van der Waals surface area contributed by atoms with Crippen molar-refractivity contribution in [3.63, 3.8) is 0 Å². The highest BCUT2D eigenvalue weighted by Crippen LogP contribution is 2.08. The van der Waals surface area contributed by atoms with Gasteiger partial charge in [0.1, 0.15) is 0 Å². The summed E-state index contributed by atoms with van der Waals surface area (Å²) >= 11 is 0. The number of nitrogens with zero attached hydrogens (tertiary/aromatic N) is 1. The molecule has 7 heteroatoms. The van der Waals surface area contributed by atoms with Gasteiger partial charge in [-0.3, -0.25) is 9.59 Å². The summed E-state index contributed by atoms with van der Waals surface area (Å²) in [4.78, 5) is 38.5. The highest BCUT2D eigenvalue weighted by molar-refractivity contribution is 5.92. The summed E-state index contributed by atoms with van der Waals surface area (Å²) in [7, 11) is 1.34. The molecule has 0 aromatic heterocycles. The van der Waals surface area contributed by atoms with Gasteiger partial charge in [0.25, 0.3) is 5.91 Å². The first-order valence-electron chi connectivity index (χ1n) is 9.29. The van der Waals surface area contributed by atoms with Crippen LogP contribution in [0.25, 0.3) is 6.08 Å². The monoisotopic (exact) mass is 374 g/mol. The molecule has 1 aromatic carbocycles. The number of hydrogen-bond donors (Lipinski definition) is 2. The van der Waals surface area contributed by atoms with Crippen molar-refractivity contribution in [2.45, 2.75) is 13.3 Å². The van der Waals surface area contributed by atoms with Crippen LogP contribution in [-0.2, 0) is 14.3 Å². The minimum atomic E-state index is -0.384. The molecule has 1 aliphatic rings. The topological polar surface area (TPSA) is 80.2 Å². The average molecular weight is 374 g/mol. The lowest BCUT2D eigenvalue weighted by atomic mass is 10.1. The maximum Gasteiger partial charge on any atom is 0.337 e. The van der Waals surface area contributed by atoms with Crippen LogP contribution < -0.4 is 10.2 Å². The lowest BCUT2D eigenvalue weighted by Gasteiger charge is -2.31. The van der Waals surface area contributed by atoms with E-state index in [-0.39, 0.29) is 17.8 Å². The van der Waals surface area contributed by atoms with E-state index in [1.807, 2.05) is 6.92 Å². The summed E-state index contributed by atoms with van der Waals surface area (Å²) in [6.07, 6.45) is 4.22. The SMILES string of the molecule is CCCNC(=O)C[NH+]1CCN(C(=O)/C=C/c2ccc(C(=O)OC)cc2)CC1. The lowest BCUT2D eigenvalue weighted by Crippen LogP contribution is -3.15. The average Bonchev–Trinajstić information content (AvgIpc) is 2.70. The van der Waals surface area contributed by atoms with Gasteiger partial charge in [-0.05, 0) is 30.2 Å². The van der Waals surface area contributed by atoms with Gasteiger partial charge in [0.15, 0.2) is 6.54 Å². The summed E-state index contributed by atoms with van der Waals surface area (Å²) in [5, 5.41) is 2.89. The van der Waals surface area contributed by atoms with Gasteiger partial charge in [0, 0.05) is 12.6 Å². The molecule has 0 radical (unpaired) electrons. The van der Waals surface area contributed by atoms with Crippen molar-refractivity contribution in [3.8, 4) is 0 Å². The molecular formula is C20H28N3O4+. The Morgan fingerprint density at radius 2 is 1.85 bits per heavy atom. The Balaban J connectivity index is 1.79. The predicted molar refractivity (Wildman–Crippen MR) is 102 cm³/mol. The smallest absolute Gasteiger partial charge is 0.337 e. The summed E-state index contributed by atoms with van der Waals surface area (Å²) in [5.41, 5.74) is 1.32. The standard InChI is InChI=1S/C20H27N3O4/c1-3-10-21-18(24)15-22-11-13-23(14-12-22)19(25)9-6-16-4-7-17(8-5-16)20(26)27-2/h4-9H,3,10-15H2,1-2H3,(H,21,24)/p+1/b9-6+. The zero-order chi connectivity index (χ0) is 19.6. The molecule has 1 aliphatic heterocycles. The predicted octanol–water partition coefficient (Wildman–Crippen LogP) is -0.260. The number of nitrogens with one attached hydrogen (secondary N) is 2. The number of carbonyl (C=O) groups is 3. The van der Waals surface area contributed by atoms with Crippen LogP contribution in [0.2, 0.25) is 0 Å². The zero-order valence-corrected chi connectivity index (χ0v) is 16.0. The van der Waals surface area contributed by atoms with Crippen molar-refractivity contribution in [3.05, 3.63) is 41.5 Å². The molecule has 0 bridgehead atoms. The van der Waals surface area contributed by atoms with Crippen LogP contribution in [0.15, 0.2) is 30.3 Å². The van der Waals surface area contributed by atoms with Crippen LogP contribution in [0.5, 0.6) is 0 Å². The van der Waals surface area contributed by atoms with Crippen LogP contribution in [-0.4, -0.2) is 69.1 Å². The van der Waals surface area contributed by atoms with Crippen molar-refractivity contribution in [1.29, 1.82) is 0 Å². The molecule has 7 nitrogen and oxygen atoms in total. The quantitative estimate of drug-likeness (QED) is 0.509. The molecule has 146 valence electrons. The van der Waals surface area contributed by atoms with Crippen molar-refractivity contribution in [2.24, 2.45) is 0 Å². The normalized spacial score (nSPS) is 15.0. The van der Waals surface area contributed by atoms with E-state index in [2.05, 4.69) is 10.1 Å². The molecule has 1 saturated heterocycles. The van der Waals surface area contributed by atoms with Gasteiger partial charge >= 0.3 is 5.97 Å². The number of piperazine rings is 1. The first-order valence-corrected chi connectivity index (χ1v) is 9.29. The number of quaternary nitrogens is 1. The third-order valence-electron chi connectivity index (χ3n) is 4.52. The molecule has 0 aliphatic carbocycles. The van der Waals surface area contributed by atoms with Gasteiger partial charge < -0.3 is 19.9 Å². The fourth-order valence-corrected chi connectivity index (χ4v) is 2.90. The van der Waals surface area contributed by atoms with E-state index in [1.165, 1.54) is 12.0 Å². The van der Waals surface area contributed by atoms with Gasteiger partial charge in [-0.1, -0.05) is 19.1 Å². The number of amides is 2. The Bertz CT molecular complexity index is 677. The number of hydrogen-bond acceptors (Lipinski definition) is 4. The molecule has 1 fully saturated rings. The van der Waals surface area contributed by atoms with E-state index in [9.17, 15) is 14.4 Å². The molecule has 0 atom stereocenters. The van der Waals surface area contributed by atoms with E-state index in [0.29, 0.717) is 31.7 Å². The number of methoxy groups -OCH3 is 1. The second-order valence-corrected chi connectivity index (χ2v) is 6.55. The summed E-state index contributed by atoms with van der Waals surface area (Å²) in [5.74, 6) is -0.353. The molecule has 0 spiro atoms. The maximum atomic E-state index is 12.3. The Hall–Kier alpha value is -2.67. The molecule has 0 saturated carbocycles. The molecule has 0 unspecified atom stereocenters. The minimum Gasteiger partial charge on any atom is -0.465 e. The minimum absolute atomic E-state index is 0.0403. The molecule has 2 rings (SSSR count). The zero-order valence-electron chi connectivity index (χ0n) is 16.0.